The van der Waals surface area contributed by atoms with Crippen LogP contribution in [0.5, 0.6) is 0 Å². The second-order valence-electron chi connectivity index (χ2n) is 5.91. The molecule has 1 aromatic rings. The Bertz CT molecular complexity index is 641. The van der Waals surface area contributed by atoms with E-state index < -0.39 is 9.84 Å². The molecule has 2 unspecified atom stereocenters. The minimum atomic E-state index is -3.41. The lowest BCUT2D eigenvalue weighted by molar-refractivity contribution is 0.0657. The van der Waals surface area contributed by atoms with E-state index in [-0.39, 0.29) is 34.1 Å². The van der Waals surface area contributed by atoms with Crippen LogP contribution in [0.1, 0.15) is 37.0 Å². The summed E-state index contributed by atoms with van der Waals surface area (Å²) in [5.41, 5.74) is 6.23. The average Bonchev–Trinajstić information content (AvgIpc) is 2.54. The topological polar surface area (TPSA) is 80.5 Å². The number of rotatable bonds is 4. The van der Waals surface area contributed by atoms with Crippen LogP contribution in [0.2, 0.25) is 0 Å². The van der Waals surface area contributed by atoms with Gasteiger partial charge >= 0.3 is 0 Å². The number of likely N-dealkylation sites (tertiary alicyclic amines) is 1. The molecule has 0 radical (unpaired) electrons. The van der Waals surface area contributed by atoms with Gasteiger partial charge in [0.1, 0.15) is 0 Å². The van der Waals surface area contributed by atoms with Gasteiger partial charge in [0.15, 0.2) is 9.84 Å². The van der Waals surface area contributed by atoms with Crippen LogP contribution in [0.25, 0.3) is 0 Å². The van der Waals surface area contributed by atoms with Crippen molar-refractivity contribution in [3.63, 3.8) is 0 Å². The molecule has 1 saturated heterocycles. The third-order valence-electron chi connectivity index (χ3n) is 4.32. The molecule has 2 N–H and O–H groups in total. The van der Waals surface area contributed by atoms with Crippen molar-refractivity contribution in [3.8, 4) is 0 Å². The van der Waals surface area contributed by atoms with E-state index >= 15 is 0 Å². The molecule has 2 atom stereocenters. The molecule has 1 heterocycles. The van der Waals surface area contributed by atoms with Crippen molar-refractivity contribution >= 4 is 15.7 Å². The summed E-state index contributed by atoms with van der Waals surface area (Å²) in [4.78, 5) is 14.6. The van der Waals surface area contributed by atoms with Crippen molar-refractivity contribution in [2.45, 2.75) is 37.6 Å². The van der Waals surface area contributed by atoms with E-state index in [9.17, 15) is 13.2 Å². The molecule has 5 nitrogen and oxygen atoms in total. The molecule has 0 spiro atoms. The van der Waals surface area contributed by atoms with Crippen LogP contribution in [0.4, 0.5) is 0 Å². The highest BCUT2D eigenvalue weighted by molar-refractivity contribution is 7.91. The van der Waals surface area contributed by atoms with Gasteiger partial charge in [-0.2, -0.15) is 0 Å². The molecule has 0 aromatic heterocycles. The molecule has 1 aliphatic rings. The van der Waals surface area contributed by atoms with Gasteiger partial charge in [-0.1, -0.05) is 19.1 Å². The predicted octanol–water partition coefficient (Wildman–Crippen LogP) is 1.68. The smallest absolute Gasteiger partial charge is 0.255 e. The lowest BCUT2D eigenvalue weighted by Gasteiger charge is -2.35. The molecule has 0 aliphatic carbocycles. The molecule has 22 heavy (non-hydrogen) atoms. The van der Waals surface area contributed by atoms with E-state index in [1.807, 2.05) is 6.92 Å². The first-order valence-corrected chi connectivity index (χ1v) is 9.38. The van der Waals surface area contributed by atoms with Gasteiger partial charge in [-0.15, -0.1) is 0 Å². The van der Waals surface area contributed by atoms with E-state index in [0.29, 0.717) is 13.1 Å². The third-order valence-corrected chi connectivity index (χ3v) is 6.11. The van der Waals surface area contributed by atoms with E-state index in [1.54, 1.807) is 30.0 Å². The minimum absolute atomic E-state index is 0.0141. The number of carbonyl (C=O) groups is 1. The van der Waals surface area contributed by atoms with Crippen molar-refractivity contribution in [1.82, 2.24) is 4.90 Å². The van der Waals surface area contributed by atoms with Gasteiger partial charge in [-0.3, -0.25) is 4.79 Å². The van der Waals surface area contributed by atoms with Crippen molar-refractivity contribution in [3.05, 3.63) is 29.8 Å². The number of amides is 1. The van der Waals surface area contributed by atoms with Gasteiger partial charge < -0.3 is 10.6 Å². The Balaban J connectivity index is 2.31. The standard InChI is InChI=1S/C16H24N2O3S/c1-3-22(20,21)15-9-5-4-8-14(15)16(19)18-10-6-7-13(11-18)12(2)17/h4-5,8-9,12-13H,3,6-7,10-11,17H2,1-2H3. The van der Waals surface area contributed by atoms with Crippen molar-refractivity contribution in [2.24, 2.45) is 11.7 Å². The Kier molecular flexibility index (Phi) is 5.24. The summed E-state index contributed by atoms with van der Waals surface area (Å²) in [5.74, 6) is 0.0466. The summed E-state index contributed by atoms with van der Waals surface area (Å²) in [7, 11) is -3.41. The Morgan fingerprint density at radius 1 is 1.41 bits per heavy atom. The Labute approximate surface area is 132 Å². The maximum atomic E-state index is 12.8. The maximum absolute atomic E-state index is 12.8. The Morgan fingerprint density at radius 2 is 2.09 bits per heavy atom. The lowest BCUT2D eigenvalue weighted by Crippen LogP contribution is -2.45. The van der Waals surface area contributed by atoms with Crippen LogP contribution in [0.3, 0.4) is 0 Å². The van der Waals surface area contributed by atoms with E-state index in [4.69, 9.17) is 5.73 Å². The molecule has 6 heteroatoms. The molecule has 122 valence electrons. The molecular formula is C16H24N2O3S. The second kappa shape index (κ2) is 6.79. The van der Waals surface area contributed by atoms with Gasteiger partial charge in [0.05, 0.1) is 16.2 Å². The molecule has 1 amide bonds. The van der Waals surface area contributed by atoms with Crippen LogP contribution >= 0.6 is 0 Å². The van der Waals surface area contributed by atoms with Crippen LogP contribution in [-0.2, 0) is 9.84 Å². The number of benzene rings is 1. The van der Waals surface area contributed by atoms with Gasteiger partial charge in [0, 0.05) is 19.1 Å². The first-order valence-electron chi connectivity index (χ1n) is 7.73. The van der Waals surface area contributed by atoms with E-state index in [2.05, 4.69) is 0 Å². The van der Waals surface area contributed by atoms with Gasteiger partial charge in [-0.25, -0.2) is 8.42 Å². The molecule has 1 aliphatic heterocycles. The summed E-state index contributed by atoms with van der Waals surface area (Å²) >= 11 is 0. The van der Waals surface area contributed by atoms with Crippen LogP contribution < -0.4 is 5.73 Å². The molecule has 1 fully saturated rings. The van der Waals surface area contributed by atoms with Gasteiger partial charge in [0.2, 0.25) is 0 Å². The predicted molar refractivity (Wildman–Crippen MR) is 86.4 cm³/mol. The van der Waals surface area contributed by atoms with E-state index in [0.717, 1.165) is 12.8 Å². The van der Waals surface area contributed by atoms with Crippen LogP contribution in [0, 0.1) is 5.92 Å². The Hall–Kier alpha value is -1.40. The highest BCUT2D eigenvalue weighted by Crippen LogP contribution is 2.23. The summed E-state index contributed by atoms with van der Waals surface area (Å²) in [6.07, 6.45) is 1.91. The van der Waals surface area contributed by atoms with Gasteiger partial charge in [0.25, 0.3) is 5.91 Å². The third kappa shape index (κ3) is 3.50. The first kappa shape index (κ1) is 17.0. The van der Waals surface area contributed by atoms with Crippen molar-refractivity contribution < 1.29 is 13.2 Å². The van der Waals surface area contributed by atoms with Crippen molar-refractivity contribution in [1.29, 1.82) is 0 Å². The number of nitrogens with zero attached hydrogens (tertiary/aromatic N) is 1. The second-order valence-corrected chi connectivity index (χ2v) is 8.16. The zero-order valence-electron chi connectivity index (χ0n) is 13.2. The molecule has 0 bridgehead atoms. The molecule has 2 rings (SSSR count). The monoisotopic (exact) mass is 324 g/mol. The summed E-state index contributed by atoms with van der Waals surface area (Å²) < 4.78 is 24.4. The normalized spacial score (nSPS) is 20.7. The summed E-state index contributed by atoms with van der Waals surface area (Å²) in [5, 5.41) is 0. The zero-order valence-corrected chi connectivity index (χ0v) is 14.0. The molecule has 0 saturated carbocycles. The van der Waals surface area contributed by atoms with Crippen LogP contribution in [-0.4, -0.2) is 44.1 Å². The van der Waals surface area contributed by atoms with E-state index in [1.165, 1.54) is 6.07 Å². The average molecular weight is 324 g/mol. The number of hydrogen-bond acceptors (Lipinski definition) is 4. The highest BCUT2D eigenvalue weighted by Gasteiger charge is 2.29. The number of nitrogens with two attached hydrogens (primary N) is 1. The zero-order chi connectivity index (χ0) is 16.3. The number of sulfone groups is 1. The first-order chi connectivity index (χ1) is 10.4. The molecular weight excluding hydrogens is 300 g/mol. The minimum Gasteiger partial charge on any atom is -0.338 e. The number of carbonyl (C=O) groups excluding carboxylic acids is 1. The fourth-order valence-electron chi connectivity index (χ4n) is 2.86. The highest BCUT2D eigenvalue weighted by atomic mass is 32.2. The number of hydrogen-bond donors (Lipinski definition) is 1. The lowest BCUT2D eigenvalue weighted by atomic mass is 9.92. The van der Waals surface area contributed by atoms with Gasteiger partial charge in [-0.05, 0) is 37.8 Å². The maximum Gasteiger partial charge on any atom is 0.255 e. The fraction of sp³-hybridized carbons (Fsp3) is 0.562. The van der Waals surface area contributed by atoms with Crippen molar-refractivity contribution in [2.75, 3.05) is 18.8 Å². The number of piperidine rings is 1. The quantitative estimate of drug-likeness (QED) is 0.914. The SMILES string of the molecule is CCS(=O)(=O)c1ccccc1C(=O)N1CCCC(C(C)N)C1. The summed E-state index contributed by atoms with van der Waals surface area (Å²) in [6, 6.07) is 6.50. The molecule has 1 aromatic carbocycles. The van der Waals surface area contributed by atoms with Crippen LogP contribution in [0.15, 0.2) is 29.2 Å². The fourth-order valence-corrected chi connectivity index (χ4v) is 3.95. The summed E-state index contributed by atoms with van der Waals surface area (Å²) in [6.45, 7) is 4.79. The largest absolute Gasteiger partial charge is 0.338 e. The Morgan fingerprint density at radius 3 is 2.73 bits per heavy atom.